The molecule has 2 aromatic rings. The van der Waals surface area contributed by atoms with Crippen molar-refractivity contribution in [2.45, 2.75) is 52.6 Å². The van der Waals surface area contributed by atoms with Gasteiger partial charge in [0.05, 0.1) is 22.2 Å². The van der Waals surface area contributed by atoms with E-state index in [9.17, 15) is 10.2 Å². The van der Waals surface area contributed by atoms with E-state index in [1.807, 2.05) is 77.9 Å². The molecule has 2 aliphatic heterocycles. The van der Waals surface area contributed by atoms with Crippen molar-refractivity contribution in [3.8, 4) is 11.5 Å². The molecule has 0 unspecified atom stereocenters. The summed E-state index contributed by atoms with van der Waals surface area (Å²) < 4.78 is 11.0. The zero-order valence-corrected chi connectivity index (χ0v) is 19.8. The molecule has 0 spiro atoms. The molecule has 6 nitrogen and oxygen atoms in total. The van der Waals surface area contributed by atoms with Crippen LogP contribution in [0.5, 0.6) is 11.5 Å². The summed E-state index contributed by atoms with van der Waals surface area (Å²) in [7, 11) is 0. The van der Waals surface area contributed by atoms with Crippen LogP contribution >= 0.6 is 0 Å². The predicted octanol–water partition coefficient (Wildman–Crippen LogP) is 4.51. The van der Waals surface area contributed by atoms with Crippen LogP contribution in [0, 0.1) is 13.8 Å². The van der Waals surface area contributed by atoms with Crippen molar-refractivity contribution in [1.82, 2.24) is 0 Å². The van der Waals surface area contributed by atoms with Crippen LogP contribution in [0.1, 0.15) is 49.9 Å². The third-order valence-corrected chi connectivity index (χ3v) is 4.87. The number of hydrogen-bond acceptors (Lipinski definition) is 6. The minimum Gasteiger partial charge on any atom is -0.507 e. The number of rotatable bonds is 2. The van der Waals surface area contributed by atoms with Crippen LogP contribution in [0.15, 0.2) is 46.4 Å². The van der Waals surface area contributed by atoms with Gasteiger partial charge in [-0.2, -0.15) is 0 Å². The van der Waals surface area contributed by atoms with Crippen molar-refractivity contribution in [2.75, 3.05) is 13.2 Å². The molecule has 2 N–H and O–H groups in total. The zero-order valence-electron chi connectivity index (χ0n) is 18.8. The Hall–Kier alpha value is -2.53. The molecule has 0 amide bonds. The molecule has 2 aromatic carbocycles. The molecular weight excluding hydrogens is 439 g/mol. The maximum atomic E-state index is 9.87. The average molecular weight is 469 g/mol. The third kappa shape index (κ3) is 5.79. The van der Waals surface area contributed by atoms with Gasteiger partial charge in [0.2, 0.25) is 11.8 Å². The van der Waals surface area contributed by atoms with Gasteiger partial charge in [0.1, 0.15) is 24.7 Å². The van der Waals surface area contributed by atoms with Crippen molar-refractivity contribution in [3.05, 3.63) is 58.7 Å². The SMILES string of the molecule is Cc1cccc(C2=NC(C)(C)CO2)c1O.Cc1cccc(C2=NC(C)(C)CO2)c1O.[Ni]. The Bertz CT molecular complexity index is 931. The van der Waals surface area contributed by atoms with Crippen molar-refractivity contribution in [2.24, 2.45) is 9.98 Å². The second-order valence-corrected chi connectivity index (χ2v) is 8.98. The first-order valence-electron chi connectivity index (χ1n) is 10.0. The summed E-state index contributed by atoms with van der Waals surface area (Å²) in [5.74, 6) is 1.60. The largest absolute Gasteiger partial charge is 0.507 e. The minimum absolute atomic E-state index is 0. The molecule has 0 saturated carbocycles. The molecule has 0 atom stereocenters. The number of hydrogen-bond donors (Lipinski definition) is 2. The van der Waals surface area contributed by atoms with Gasteiger partial charge < -0.3 is 19.7 Å². The Kier molecular flexibility index (Phi) is 7.43. The number of phenolic OH excluding ortho intramolecular Hbond substituents is 2. The van der Waals surface area contributed by atoms with Crippen molar-refractivity contribution < 1.29 is 36.2 Å². The molecule has 0 aliphatic carbocycles. The van der Waals surface area contributed by atoms with E-state index in [0.29, 0.717) is 36.1 Å². The molecule has 7 heteroatoms. The number of para-hydroxylation sites is 2. The van der Waals surface area contributed by atoms with Crippen LogP contribution < -0.4 is 0 Å². The number of aromatic hydroxyl groups is 2. The fraction of sp³-hybridized carbons (Fsp3) is 0.417. The second kappa shape index (κ2) is 9.31. The van der Waals surface area contributed by atoms with E-state index >= 15 is 0 Å². The van der Waals surface area contributed by atoms with Crippen LogP contribution in [-0.2, 0) is 26.0 Å². The Balaban J connectivity index is 0.000000213. The average Bonchev–Trinajstić information content (AvgIpc) is 3.21. The number of aliphatic imine (C=N–C) groups is 2. The summed E-state index contributed by atoms with van der Waals surface area (Å²) in [6, 6.07) is 11.1. The molecule has 31 heavy (non-hydrogen) atoms. The Morgan fingerprint density at radius 2 is 1.06 bits per heavy atom. The summed E-state index contributed by atoms with van der Waals surface area (Å²) in [6.45, 7) is 12.9. The Morgan fingerprint density at radius 1 is 0.710 bits per heavy atom. The van der Waals surface area contributed by atoms with Crippen LogP contribution in [-0.4, -0.2) is 46.3 Å². The first kappa shape index (κ1) is 24.7. The molecule has 0 fully saturated rings. The van der Waals surface area contributed by atoms with Gasteiger partial charge in [0.15, 0.2) is 0 Å². The molecule has 2 heterocycles. The third-order valence-electron chi connectivity index (χ3n) is 4.87. The maximum Gasteiger partial charge on any atom is 0.220 e. The Labute approximate surface area is 194 Å². The molecule has 2 aliphatic rings. The smallest absolute Gasteiger partial charge is 0.220 e. The summed E-state index contributed by atoms with van der Waals surface area (Å²) in [5, 5.41) is 19.7. The van der Waals surface area contributed by atoms with Crippen LogP contribution in [0.25, 0.3) is 0 Å². The van der Waals surface area contributed by atoms with E-state index in [4.69, 9.17) is 9.47 Å². The van der Waals surface area contributed by atoms with Gasteiger partial charge in [-0.25, -0.2) is 9.98 Å². The van der Waals surface area contributed by atoms with Crippen molar-refractivity contribution in [3.63, 3.8) is 0 Å². The van der Waals surface area contributed by atoms with Crippen LogP contribution in [0.4, 0.5) is 0 Å². The van der Waals surface area contributed by atoms with E-state index in [1.165, 1.54) is 0 Å². The quantitative estimate of drug-likeness (QED) is 0.635. The van der Waals surface area contributed by atoms with Gasteiger partial charge in [-0.3, -0.25) is 0 Å². The molecule has 0 radical (unpaired) electrons. The van der Waals surface area contributed by atoms with E-state index in [0.717, 1.165) is 11.1 Å². The number of nitrogens with zero attached hydrogens (tertiary/aromatic N) is 2. The summed E-state index contributed by atoms with van der Waals surface area (Å²) >= 11 is 0. The van der Waals surface area contributed by atoms with E-state index < -0.39 is 0 Å². The fourth-order valence-corrected chi connectivity index (χ4v) is 3.11. The summed E-state index contributed by atoms with van der Waals surface area (Å²) in [6.07, 6.45) is 0. The Morgan fingerprint density at radius 3 is 1.35 bits per heavy atom. The van der Waals surface area contributed by atoms with Gasteiger partial charge in [-0.15, -0.1) is 0 Å². The maximum absolute atomic E-state index is 9.87. The standard InChI is InChI=1S/2C12H15NO2.Ni/c2*1-8-5-4-6-9(10(8)14)11-13-12(2,3)7-15-11;/h2*4-6,14H,7H2,1-3H3;. The van der Waals surface area contributed by atoms with E-state index in [2.05, 4.69) is 9.98 Å². The van der Waals surface area contributed by atoms with Gasteiger partial charge >= 0.3 is 0 Å². The first-order chi connectivity index (χ1) is 14.0. The van der Waals surface area contributed by atoms with Gasteiger partial charge in [0.25, 0.3) is 0 Å². The van der Waals surface area contributed by atoms with Crippen molar-refractivity contribution in [1.29, 1.82) is 0 Å². The fourth-order valence-electron chi connectivity index (χ4n) is 3.11. The number of aryl methyl sites for hydroxylation is 2. The monoisotopic (exact) mass is 468 g/mol. The summed E-state index contributed by atoms with van der Waals surface area (Å²) in [5.41, 5.74) is 2.66. The van der Waals surface area contributed by atoms with Crippen LogP contribution in [0.2, 0.25) is 0 Å². The summed E-state index contributed by atoms with van der Waals surface area (Å²) in [4.78, 5) is 8.85. The first-order valence-corrected chi connectivity index (χ1v) is 10.0. The molecular formula is C24H30N2NiO4. The second-order valence-electron chi connectivity index (χ2n) is 8.98. The van der Waals surface area contributed by atoms with E-state index in [-0.39, 0.29) is 39.1 Å². The molecule has 0 bridgehead atoms. The van der Waals surface area contributed by atoms with Crippen LogP contribution in [0.3, 0.4) is 0 Å². The molecule has 0 aromatic heterocycles. The molecule has 0 saturated heterocycles. The van der Waals surface area contributed by atoms with Gasteiger partial charge in [-0.05, 0) is 64.8 Å². The number of benzene rings is 2. The molecule has 170 valence electrons. The number of phenols is 2. The van der Waals surface area contributed by atoms with Gasteiger partial charge in [-0.1, -0.05) is 24.3 Å². The topological polar surface area (TPSA) is 83.6 Å². The number of ether oxygens (including phenoxy) is 2. The minimum atomic E-state index is -0.189. The normalized spacial score (nSPS) is 17.9. The van der Waals surface area contributed by atoms with Crippen molar-refractivity contribution >= 4 is 11.8 Å². The predicted molar refractivity (Wildman–Crippen MR) is 119 cm³/mol. The van der Waals surface area contributed by atoms with Gasteiger partial charge in [0, 0.05) is 16.5 Å². The van der Waals surface area contributed by atoms with E-state index in [1.54, 1.807) is 0 Å². The zero-order chi connectivity index (χ0) is 22.1. The molecule has 4 rings (SSSR count).